The van der Waals surface area contributed by atoms with Gasteiger partial charge in [-0.15, -0.1) is 0 Å². The summed E-state index contributed by atoms with van der Waals surface area (Å²) in [6, 6.07) is 2.33. The van der Waals surface area contributed by atoms with Gasteiger partial charge in [-0.05, 0) is 25.8 Å². The molecule has 0 fully saturated rings. The fourth-order valence-corrected chi connectivity index (χ4v) is 0.937. The zero-order valence-electron chi connectivity index (χ0n) is 8.70. The molecule has 0 aliphatic rings. The van der Waals surface area contributed by atoms with Gasteiger partial charge in [-0.1, -0.05) is 13.8 Å². The van der Waals surface area contributed by atoms with Gasteiger partial charge in [0.1, 0.15) is 11.6 Å². The first-order valence-electron chi connectivity index (χ1n) is 4.66. The van der Waals surface area contributed by atoms with E-state index in [0.717, 1.165) is 11.6 Å². The van der Waals surface area contributed by atoms with Gasteiger partial charge >= 0.3 is 0 Å². The molecule has 0 radical (unpaired) electrons. The number of anilines is 1. The molecule has 0 saturated heterocycles. The van der Waals surface area contributed by atoms with Crippen LogP contribution in [-0.4, -0.2) is 16.0 Å². The minimum absolute atomic E-state index is 0.439. The number of hydrogen-bond donors (Lipinski definition) is 1. The van der Waals surface area contributed by atoms with E-state index in [1.165, 1.54) is 0 Å². The Hall–Kier alpha value is -1.12. The lowest BCUT2D eigenvalue weighted by Crippen LogP contribution is -2.22. The van der Waals surface area contributed by atoms with Crippen LogP contribution in [0.25, 0.3) is 0 Å². The maximum atomic E-state index is 4.27. The van der Waals surface area contributed by atoms with E-state index in [-0.39, 0.29) is 0 Å². The first kappa shape index (κ1) is 9.96. The van der Waals surface area contributed by atoms with Crippen LogP contribution < -0.4 is 5.32 Å². The van der Waals surface area contributed by atoms with Crippen molar-refractivity contribution in [2.75, 3.05) is 5.32 Å². The lowest BCUT2D eigenvalue weighted by molar-refractivity contribution is 0.558. The number of nitrogens with zero attached hydrogens (tertiary/aromatic N) is 2. The predicted octanol–water partition coefficient (Wildman–Crippen LogP) is 2.24. The normalized spacial score (nSPS) is 13.0. The largest absolute Gasteiger partial charge is 0.367 e. The molecule has 0 saturated carbocycles. The molecule has 3 nitrogen and oxygen atoms in total. The van der Waals surface area contributed by atoms with E-state index < -0.39 is 0 Å². The third kappa shape index (κ3) is 3.01. The summed E-state index contributed by atoms with van der Waals surface area (Å²) in [7, 11) is 0. The third-order valence-corrected chi connectivity index (χ3v) is 2.15. The van der Waals surface area contributed by atoms with Gasteiger partial charge in [0.15, 0.2) is 0 Å². The van der Waals surface area contributed by atoms with Crippen molar-refractivity contribution in [1.29, 1.82) is 0 Å². The molecule has 1 heterocycles. The summed E-state index contributed by atoms with van der Waals surface area (Å²) in [5.41, 5.74) is 0. The molecule has 0 aromatic carbocycles. The van der Waals surface area contributed by atoms with Crippen LogP contribution in [0.15, 0.2) is 12.3 Å². The summed E-state index contributed by atoms with van der Waals surface area (Å²) >= 11 is 0. The highest BCUT2D eigenvalue weighted by atomic mass is 15.0. The molecule has 1 aromatic rings. The van der Waals surface area contributed by atoms with Crippen LogP contribution in [0.4, 0.5) is 5.82 Å². The summed E-state index contributed by atoms with van der Waals surface area (Å²) in [6.45, 7) is 8.42. The van der Waals surface area contributed by atoms with Gasteiger partial charge in [-0.3, -0.25) is 0 Å². The predicted molar refractivity (Wildman–Crippen MR) is 54.7 cm³/mol. The lowest BCUT2D eigenvalue weighted by Gasteiger charge is -2.17. The molecule has 3 heteroatoms. The van der Waals surface area contributed by atoms with Crippen LogP contribution in [0.5, 0.6) is 0 Å². The van der Waals surface area contributed by atoms with E-state index in [2.05, 4.69) is 36.1 Å². The highest BCUT2D eigenvalue weighted by Gasteiger charge is 2.06. The topological polar surface area (TPSA) is 37.8 Å². The molecule has 0 aliphatic heterocycles. The average molecular weight is 179 g/mol. The number of aromatic nitrogens is 2. The Labute approximate surface area is 79.6 Å². The molecular formula is C10H17N3. The van der Waals surface area contributed by atoms with Crippen LogP contribution in [0, 0.1) is 12.8 Å². The average Bonchev–Trinajstić information content (AvgIpc) is 2.04. The van der Waals surface area contributed by atoms with E-state index >= 15 is 0 Å². The molecule has 1 N–H and O–H groups in total. The minimum atomic E-state index is 0.439. The fraction of sp³-hybridized carbons (Fsp3) is 0.600. The summed E-state index contributed by atoms with van der Waals surface area (Å²) < 4.78 is 0. The van der Waals surface area contributed by atoms with Gasteiger partial charge in [0.25, 0.3) is 0 Å². The Balaban J connectivity index is 2.64. The van der Waals surface area contributed by atoms with Crippen molar-refractivity contribution < 1.29 is 0 Å². The Morgan fingerprint density at radius 3 is 2.54 bits per heavy atom. The zero-order valence-corrected chi connectivity index (χ0v) is 8.70. The molecule has 1 atom stereocenters. The molecule has 0 aliphatic carbocycles. The smallest absolute Gasteiger partial charge is 0.129 e. The molecular weight excluding hydrogens is 162 g/mol. The van der Waals surface area contributed by atoms with Gasteiger partial charge in [0.05, 0.1) is 0 Å². The molecule has 0 spiro atoms. The molecule has 1 unspecified atom stereocenters. The maximum absolute atomic E-state index is 4.27. The second-order valence-corrected chi connectivity index (χ2v) is 3.67. The lowest BCUT2D eigenvalue weighted by atomic mass is 10.1. The third-order valence-electron chi connectivity index (χ3n) is 2.15. The highest BCUT2D eigenvalue weighted by molar-refractivity contribution is 5.33. The summed E-state index contributed by atoms with van der Waals surface area (Å²) in [5, 5.41) is 3.33. The summed E-state index contributed by atoms with van der Waals surface area (Å²) in [5.74, 6) is 2.32. The van der Waals surface area contributed by atoms with Crippen LogP contribution in [0.1, 0.15) is 26.6 Å². The summed E-state index contributed by atoms with van der Waals surface area (Å²) in [4.78, 5) is 8.31. The maximum Gasteiger partial charge on any atom is 0.129 e. The molecule has 1 rings (SSSR count). The van der Waals surface area contributed by atoms with Crippen molar-refractivity contribution in [3.8, 4) is 0 Å². The van der Waals surface area contributed by atoms with E-state index in [0.29, 0.717) is 12.0 Å². The van der Waals surface area contributed by atoms with Gasteiger partial charge in [-0.25, -0.2) is 9.97 Å². The molecule has 0 amide bonds. The first-order chi connectivity index (χ1) is 6.09. The molecule has 72 valence electrons. The minimum Gasteiger partial charge on any atom is -0.367 e. The fourth-order valence-electron chi connectivity index (χ4n) is 0.937. The van der Waals surface area contributed by atoms with Crippen molar-refractivity contribution in [3.05, 3.63) is 18.1 Å². The molecule has 0 bridgehead atoms. The van der Waals surface area contributed by atoms with Crippen LogP contribution in [-0.2, 0) is 0 Å². The van der Waals surface area contributed by atoms with Crippen LogP contribution in [0.3, 0.4) is 0 Å². The zero-order chi connectivity index (χ0) is 9.84. The van der Waals surface area contributed by atoms with Crippen LogP contribution in [0.2, 0.25) is 0 Å². The number of hydrogen-bond acceptors (Lipinski definition) is 3. The van der Waals surface area contributed by atoms with E-state index in [9.17, 15) is 0 Å². The number of nitrogens with one attached hydrogen (secondary N) is 1. The monoisotopic (exact) mass is 179 g/mol. The second kappa shape index (κ2) is 4.21. The summed E-state index contributed by atoms with van der Waals surface area (Å²) in [6.07, 6.45) is 1.78. The Bertz CT molecular complexity index is 271. The Kier molecular flexibility index (Phi) is 3.23. The van der Waals surface area contributed by atoms with Crippen molar-refractivity contribution in [2.24, 2.45) is 5.92 Å². The van der Waals surface area contributed by atoms with Crippen molar-refractivity contribution in [3.63, 3.8) is 0 Å². The molecule has 1 aromatic heterocycles. The van der Waals surface area contributed by atoms with E-state index in [1.54, 1.807) is 6.20 Å². The number of aryl methyl sites for hydroxylation is 1. The van der Waals surface area contributed by atoms with Crippen molar-refractivity contribution in [1.82, 2.24) is 9.97 Å². The second-order valence-electron chi connectivity index (χ2n) is 3.67. The van der Waals surface area contributed by atoms with Gasteiger partial charge in [0, 0.05) is 12.2 Å². The van der Waals surface area contributed by atoms with Crippen LogP contribution >= 0.6 is 0 Å². The Morgan fingerprint density at radius 2 is 2.00 bits per heavy atom. The SMILES string of the molecule is Cc1nccc(NC(C)C(C)C)n1. The standard InChI is InChI=1S/C10H17N3/c1-7(2)8(3)12-10-5-6-11-9(4)13-10/h5-8H,1-4H3,(H,11,12,13). The Morgan fingerprint density at radius 1 is 1.31 bits per heavy atom. The molecule has 13 heavy (non-hydrogen) atoms. The van der Waals surface area contributed by atoms with E-state index in [4.69, 9.17) is 0 Å². The van der Waals surface area contributed by atoms with Gasteiger partial charge in [-0.2, -0.15) is 0 Å². The van der Waals surface area contributed by atoms with Crippen molar-refractivity contribution in [2.45, 2.75) is 33.7 Å². The highest BCUT2D eigenvalue weighted by Crippen LogP contribution is 2.08. The van der Waals surface area contributed by atoms with Gasteiger partial charge in [0.2, 0.25) is 0 Å². The first-order valence-corrected chi connectivity index (χ1v) is 4.66. The van der Waals surface area contributed by atoms with Crippen molar-refractivity contribution >= 4 is 5.82 Å². The van der Waals surface area contributed by atoms with Gasteiger partial charge < -0.3 is 5.32 Å². The van der Waals surface area contributed by atoms with E-state index in [1.807, 2.05) is 13.0 Å². The number of rotatable bonds is 3. The quantitative estimate of drug-likeness (QED) is 0.773.